The van der Waals surface area contributed by atoms with Gasteiger partial charge in [0.2, 0.25) is 0 Å². The van der Waals surface area contributed by atoms with Gasteiger partial charge in [-0.25, -0.2) is 8.42 Å². The van der Waals surface area contributed by atoms with Crippen LogP contribution in [0.1, 0.15) is 6.92 Å². The second-order valence-corrected chi connectivity index (χ2v) is 6.19. The minimum absolute atomic E-state index is 0.175. The molecule has 0 aliphatic carbocycles. The summed E-state index contributed by atoms with van der Waals surface area (Å²) in [6, 6.07) is 0. The van der Waals surface area contributed by atoms with Gasteiger partial charge in [-0.05, 0) is 13.6 Å². The third-order valence-electron chi connectivity index (χ3n) is 2.50. The molecule has 0 saturated heterocycles. The molecular formula is C10H19N3O3S. The topological polar surface area (TPSA) is 75.4 Å². The molecule has 98 valence electrons. The molecule has 0 aliphatic rings. The van der Waals surface area contributed by atoms with Crippen molar-refractivity contribution in [3.05, 3.63) is 12.4 Å². The van der Waals surface area contributed by atoms with Crippen LogP contribution >= 0.6 is 0 Å². The third-order valence-corrected chi connectivity index (χ3v) is 3.56. The van der Waals surface area contributed by atoms with Gasteiger partial charge in [-0.2, -0.15) is 5.10 Å². The van der Waals surface area contributed by atoms with E-state index in [1.54, 1.807) is 0 Å². The van der Waals surface area contributed by atoms with Gasteiger partial charge >= 0.3 is 0 Å². The monoisotopic (exact) mass is 261 g/mol. The molecule has 0 fully saturated rings. The van der Waals surface area contributed by atoms with E-state index in [4.69, 9.17) is 0 Å². The fraction of sp³-hybridized carbons (Fsp3) is 0.700. The highest BCUT2D eigenvalue weighted by Crippen LogP contribution is 2.06. The van der Waals surface area contributed by atoms with Crippen molar-refractivity contribution in [1.29, 1.82) is 0 Å². The van der Waals surface area contributed by atoms with Crippen LogP contribution in [0.3, 0.4) is 0 Å². The summed E-state index contributed by atoms with van der Waals surface area (Å²) in [6.07, 6.45) is 3.30. The first-order valence-electron chi connectivity index (χ1n) is 5.42. The van der Waals surface area contributed by atoms with Gasteiger partial charge < -0.3 is 10.0 Å². The summed E-state index contributed by atoms with van der Waals surface area (Å²) in [5.74, 6) is 0. The maximum Gasteiger partial charge on any atom is 0.178 e. The maximum atomic E-state index is 11.2. The quantitative estimate of drug-likeness (QED) is 0.754. The Hall–Kier alpha value is -0.920. The average Bonchev–Trinajstić information content (AvgIpc) is 2.65. The van der Waals surface area contributed by atoms with Crippen molar-refractivity contribution in [2.24, 2.45) is 0 Å². The normalized spacial score (nSPS) is 14.2. The van der Waals surface area contributed by atoms with Crippen molar-refractivity contribution >= 4 is 9.84 Å². The Balaban J connectivity index is 2.61. The lowest BCUT2D eigenvalue weighted by atomic mass is 10.3. The number of aliphatic hydroxyl groups excluding tert-OH is 1. The van der Waals surface area contributed by atoms with Crippen LogP contribution in [0, 0.1) is 0 Å². The van der Waals surface area contributed by atoms with E-state index in [1.165, 1.54) is 17.1 Å². The van der Waals surface area contributed by atoms with E-state index >= 15 is 0 Å². The Labute approximate surface area is 102 Å². The molecule has 1 aromatic heterocycles. The van der Waals surface area contributed by atoms with Gasteiger partial charge in [-0.15, -0.1) is 0 Å². The Bertz CT molecular complexity index is 455. The molecule has 0 spiro atoms. The van der Waals surface area contributed by atoms with Gasteiger partial charge in [0, 0.05) is 19.0 Å². The first-order chi connectivity index (χ1) is 7.82. The second kappa shape index (κ2) is 5.61. The van der Waals surface area contributed by atoms with Crippen LogP contribution in [0.4, 0.5) is 0 Å². The standard InChI is InChI=1S/C10H19N3O3S/c1-4-12(2)6-9(14)7-13-8-10(5-11-13)17(3,15)16/h5,8-9,14H,4,6-7H2,1-3H3. The molecule has 1 unspecified atom stereocenters. The minimum Gasteiger partial charge on any atom is -0.390 e. The smallest absolute Gasteiger partial charge is 0.178 e. The van der Waals surface area contributed by atoms with Crippen molar-refractivity contribution in [1.82, 2.24) is 14.7 Å². The molecule has 1 rings (SSSR count). The third kappa shape index (κ3) is 4.45. The number of likely N-dealkylation sites (N-methyl/N-ethyl adjacent to an activating group) is 1. The Kier molecular flexibility index (Phi) is 4.67. The number of rotatable bonds is 6. The molecule has 0 amide bonds. The Morgan fingerprint density at radius 3 is 2.71 bits per heavy atom. The van der Waals surface area contributed by atoms with Crippen LogP contribution in [0.5, 0.6) is 0 Å². The van der Waals surface area contributed by atoms with Crippen LogP contribution in [0.15, 0.2) is 17.3 Å². The van der Waals surface area contributed by atoms with Crippen molar-refractivity contribution in [3.63, 3.8) is 0 Å². The van der Waals surface area contributed by atoms with Gasteiger partial charge in [-0.1, -0.05) is 6.92 Å². The van der Waals surface area contributed by atoms with E-state index in [-0.39, 0.29) is 4.90 Å². The van der Waals surface area contributed by atoms with Crippen molar-refractivity contribution in [3.8, 4) is 0 Å². The van der Waals surface area contributed by atoms with E-state index in [9.17, 15) is 13.5 Å². The Morgan fingerprint density at radius 1 is 1.59 bits per heavy atom. The zero-order valence-electron chi connectivity index (χ0n) is 10.4. The number of aliphatic hydroxyl groups is 1. The summed E-state index contributed by atoms with van der Waals surface area (Å²) in [5.41, 5.74) is 0. The second-order valence-electron chi connectivity index (χ2n) is 4.18. The summed E-state index contributed by atoms with van der Waals surface area (Å²) in [7, 11) is -1.31. The van der Waals surface area contributed by atoms with Gasteiger partial charge in [0.1, 0.15) is 4.90 Å². The summed E-state index contributed by atoms with van der Waals surface area (Å²) < 4.78 is 23.9. The van der Waals surface area contributed by atoms with Crippen LogP contribution < -0.4 is 0 Å². The van der Waals surface area contributed by atoms with Crippen LogP contribution in [0.25, 0.3) is 0 Å². The lowest BCUT2D eigenvalue weighted by Crippen LogP contribution is -2.32. The first kappa shape index (κ1) is 14.1. The number of sulfone groups is 1. The molecule has 1 heterocycles. The van der Waals surface area contributed by atoms with Crippen molar-refractivity contribution in [2.45, 2.75) is 24.5 Å². The van der Waals surface area contributed by atoms with Gasteiger partial charge in [0.05, 0.1) is 18.8 Å². The summed E-state index contributed by atoms with van der Waals surface area (Å²) >= 11 is 0. The van der Waals surface area contributed by atoms with E-state index < -0.39 is 15.9 Å². The van der Waals surface area contributed by atoms with E-state index in [0.29, 0.717) is 13.1 Å². The number of aromatic nitrogens is 2. The molecule has 0 aromatic carbocycles. The highest BCUT2D eigenvalue weighted by atomic mass is 32.2. The summed E-state index contributed by atoms with van der Waals surface area (Å²) in [4.78, 5) is 2.15. The fourth-order valence-electron chi connectivity index (χ4n) is 1.40. The molecular weight excluding hydrogens is 242 g/mol. The molecule has 0 aliphatic heterocycles. The lowest BCUT2D eigenvalue weighted by Gasteiger charge is -2.18. The minimum atomic E-state index is -3.22. The number of hydrogen-bond acceptors (Lipinski definition) is 5. The SMILES string of the molecule is CCN(C)CC(O)Cn1cc(S(C)(=O)=O)cn1. The van der Waals surface area contributed by atoms with E-state index in [1.807, 2.05) is 18.9 Å². The number of nitrogens with zero attached hydrogens (tertiary/aromatic N) is 3. The summed E-state index contributed by atoms with van der Waals surface area (Å²) in [6.45, 7) is 3.68. The molecule has 1 aromatic rings. The molecule has 0 saturated carbocycles. The molecule has 7 heteroatoms. The highest BCUT2D eigenvalue weighted by molar-refractivity contribution is 7.90. The van der Waals surface area contributed by atoms with Gasteiger partial charge in [-0.3, -0.25) is 4.68 Å². The average molecular weight is 261 g/mol. The fourth-order valence-corrected chi connectivity index (χ4v) is 1.95. The summed E-state index contributed by atoms with van der Waals surface area (Å²) in [5, 5.41) is 13.7. The van der Waals surface area contributed by atoms with Crippen LogP contribution in [-0.4, -0.2) is 60.7 Å². The predicted octanol–water partition coefficient (Wildman–Crippen LogP) is -0.401. The molecule has 0 bridgehead atoms. The van der Waals surface area contributed by atoms with Crippen molar-refractivity contribution in [2.75, 3.05) is 26.4 Å². The van der Waals surface area contributed by atoms with Crippen LogP contribution in [0.2, 0.25) is 0 Å². The van der Waals surface area contributed by atoms with E-state index in [0.717, 1.165) is 12.8 Å². The molecule has 1 N–H and O–H groups in total. The Morgan fingerprint density at radius 2 is 2.24 bits per heavy atom. The molecule has 0 radical (unpaired) electrons. The number of hydrogen-bond donors (Lipinski definition) is 1. The highest BCUT2D eigenvalue weighted by Gasteiger charge is 2.12. The van der Waals surface area contributed by atoms with Gasteiger partial charge in [0.25, 0.3) is 0 Å². The van der Waals surface area contributed by atoms with Gasteiger partial charge in [0.15, 0.2) is 9.84 Å². The molecule has 17 heavy (non-hydrogen) atoms. The first-order valence-corrected chi connectivity index (χ1v) is 7.31. The zero-order chi connectivity index (χ0) is 13.1. The molecule has 1 atom stereocenters. The van der Waals surface area contributed by atoms with E-state index in [2.05, 4.69) is 5.10 Å². The predicted molar refractivity (Wildman–Crippen MR) is 64.5 cm³/mol. The van der Waals surface area contributed by atoms with Crippen molar-refractivity contribution < 1.29 is 13.5 Å². The lowest BCUT2D eigenvalue weighted by molar-refractivity contribution is 0.108. The largest absolute Gasteiger partial charge is 0.390 e. The van der Waals surface area contributed by atoms with Crippen LogP contribution in [-0.2, 0) is 16.4 Å². The maximum absolute atomic E-state index is 11.2. The zero-order valence-corrected chi connectivity index (χ0v) is 11.2. The molecule has 6 nitrogen and oxygen atoms in total.